The van der Waals surface area contributed by atoms with Crippen LogP contribution < -0.4 is 10.5 Å². The first-order valence-electron chi connectivity index (χ1n) is 5.66. The normalized spacial score (nSPS) is 10.7. The molecule has 0 aliphatic rings. The molecule has 0 bridgehead atoms. The van der Waals surface area contributed by atoms with Crippen LogP contribution in [0.25, 0.3) is 11.3 Å². The van der Waals surface area contributed by atoms with Crippen LogP contribution in [0.3, 0.4) is 0 Å². The van der Waals surface area contributed by atoms with Crippen LogP contribution in [-0.4, -0.2) is 18.6 Å². The molecule has 0 saturated carbocycles. The highest BCUT2D eigenvalue weighted by atomic mass is 19.1. The predicted octanol–water partition coefficient (Wildman–Crippen LogP) is 2.30. The van der Waals surface area contributed by atoms with Crippen molar-refractivity contribution in [1.82, 2.24) is 4.98 Å². The average molecular weight is 250 g/mol. The third-order valence-electron chi connectivity index (χ3n) is 2.62. The number of benzene rings is 1. The van der Waals surface area contributed by atoms with Gasteiger partial charge in [0.15, 0.2) is 17.5 Å². The lowest BCUT2D eigenvalue weighted by Crippen LogP contribution is -2.02. The van der Waals surface area contributed by atoms with Gasteiger partial charge in [-0.25, -0.2) is 9.37 Å². The molecule has 18 heavy (non-hydrogen) atoms. The maximum absolute atomic E-state index is 13.6. The molecule has 2 rings (SSSR count). The summed E-state index contributed by atoms with van der Waals surface area (Å²) < 4.78 is 24.0. The Balaban J connectivity index is 2.39. The van der Waals surface area contributed by atoms with E-state index < -0.39 is 5.82 Å². The van der Waals surface area contributed by atoms with Gasteiger partial charge in [-0.15, -0.1) is 0 Å². The first-order chi connectivity index (χ1) is 8.65. The minimum Gasteiger partial charge on any atom is -0.494 e. The molecule has 1 aromatic heterocycles. The Morgan fingerprint density at radius 2 is 2.22 bits per heavy atom. The summed E-state index contributed by atoms with van der Waals surface area (Å²) in [5, 5.41) is 0. The van der Waals surface area contributed by atoms with Crippen molar-refractivity contribution in [2.75, 3.05) is 13.7 Å². The van der Waals surface area contributed by atoms with Crippen molar-refractivity contribution in [1.29, 1.82) is 0 Å². The van der Waals surface area contributed by atoms with E-state index in [1.165, 1.54) is 13.2 Å². The van der Waals surface area contributed by atoms with E-state index in [0.29, 0.717) is 35.9 Å². The first kappa shape index (κ1) is 12.6. The summed E-state index contributed by atoms with van der Waals surface area (Å²) in [5.74, 6) is 1.02. The summed E-state index contributed by atoms with van der Waals surface area (Å²) in [6, 6.07) is 4.70. The van der Waals surface area contributed by atoms with Crippen LogP contribution >= 0.6 is 0 Å². The number of aryl methyl sites for hydroxylation is 1. The fourth-order valence-corrected chi connectivity index (χ4v) is 1.76. The van der Waals surface area contributed by atoms with Crippen LogP contribution in [0.15, 0.2) is 22.6 Å². The maximum atomic E-state index is 13.6. The van der Waals surface area contributed by atoms with Gasteiger partial charge in [-0.2, -0.15) is 0 Å². The zero-order valence-corrected chi connectivity index (χ0v) is 10.4. The van der Waals surface area contributed by atoms with Crippen LogP contribution in [0, 0.1) is 12.7 Å². The summed E-state index contributed by atoms with van der Waals surface area (Å²) in [6.07, 6.45) is 0.569. The van der Waals surface area contributed by atoms with Crippen LogP contribution in [0.1, 0.15) is 11.7 Å². The van der Waals surface area contributed by atoms with Crippen LogP contribution in [0.5, 0.6) is 5.75 Å². The molecule has 1 aromatic carbocycles. The maximum Gasteiger partial charge on any atom is 0.196 e. The van der Waals surface area contributed by atoms with E-state index >= 15 is 0 Å². The zero-order valence-electron chi connectivity index (χ0n) is 10.4. The summed E-state index contributed by atoms with van der Waals surface area (Å²) in [7, 11) is 1.43. The quantitative estimate of drug-likeness (QED) is 0.904. The molecule has 1 heterocycles. The fourth-order valence-electron chi connectivity index (χ4n) is 1.76. The van der Waals surface area contributed by atoms with E-state index in [1.54, 1.807) is 19.1 Å². The van der Waals surface area contributed by atoms with Crippen molar-refractivity contribution in [3.8, 4) is 17.0 Å². The Hall–Kier alpha value is -1.88. The monoisotopic (exact) mass is 250 g/mol. The molecule has 0 unspecified atom stereocenters. The summed E-state index contributed by atoms with van der Waals surface area (Å²) in [5.41, 5.74) is 6.75. The molecule has 0 aliphatic heterocycles. The lowest BCUT2D eigenvalue weighted by Gasteiger charge is -2.03. The Kier molecular flexibility index (Phi) is 3.62. The molecule has 0 aliphatic carbocycles. The molecule has 0 amide bonds. The number of aromatic nitrogens is 1. The van der Waals surface area contributed by atoms with Crippen molar-refractivity contribution < 1.29 is 13.5 Å². The molecule has 0 spiro atoms. The van der Waals surface area contributed by atoms with Crippen molar-refractivity contribution in [3.05, 3.63) is 35.7 Å². The Labute approximate surface area is 105 Å². The summed E-state index contributed by atoms with van der Waals surface area (Å²) in [4.78, 5) is 4.31. The first-order valence-corrected chi connectivity index (χ1v) is 5.66. The molecular weight excluding hydrogens is 235 g/mol. The number of halogens is 1. The second kappa shape index (κ2) is 5.18. The van der Waals surface area contributed by atoms with E-state index in [2.05, 4.69) is 4.98 Å². The minimum absolute atomic E-state index is 0.210. The standard InChI is InChI=1S/C13H15FN2O2/c1-8-13(16-12(18-8)5-6-15)9-3-4-11(17-2)10(14)7-9/h3-4,7H,5-6,15H2,1-2H3. The Bertz CT molecular complexity index is 552. The molecule has 0 atom stereocenters. The van der Waals surface area contributed by atoms with Crippen molar-refractivity contribution >= 4 is 0 Å². The minimum atomic E-state index is -0.419. The number of oxazole rings is 1. The number of rotatable bonds is 4. The summed E-state index contributed by atoms with van der Waals surface area (Å²) in [6.45, 7) is 2.26. The third kappa shape index (κ3) is 2.36. The van der Waals surface area contributed by atoms with Gasteiger partial charge in [0.05, 0.1) is 7.11 Å². The molecule has 0 saturated heterocycles. The van der Waals surface area contributed by atoms with E-state index in [-0.39, 0.29) is 5.75 Å². The van der Waals surface area contributed by atoms with Gasteiger partial charge in [-0.05, 0) is 25.1 Å². The highest BCUT2D eigenvalue weighted by Gasteiger charge is 2.13. The lowest BCUT2D eigenvalue weighted by molar-refractivity contribution is 0.386. The number of nitrogens with two attached hydrogens (primary N) is 1. The van der Waals surface area contributed by atoms with E-state index in [1.807, 2.05) is 0 Å². The second-order valence-corrected chi connectivity index (χ2v) is 3.90. The zero-order chi connectivity index (χ0) is 13.1. The van der Waals surface area contributed by atoms with Gasteiger partial charge >= 0.3 is 0 Å². The molecule has 2 aromatic rings. The second-order valence-electron chi connectivity index (χ2n) is 3.90. The molecule has 0 fully saturated rings. The predicted molar refractivity (Wildman–Crippen MR) is 65.9 cm³/mol. The van der Waals surface area contributed by atoms with E-state index in [4.69, 9.17) is 14.9 Å². The number of methoxy groups -OCH3 is 1. The molecule has 96 valence electrons. The molecule has 5 heteroatoms. The van der Waals surface area contributed by atoms with Gasteiger partial charge in [0, 0.05) is 18.5 Å². The number of nitrogens with zero attached hydrogens (tertiary/aromatic N) is 1. The molecule has 2 N–H and O–H groups in total. The average Bonchev–Trinajstić information content (AvgIpc) is 2.71. The third-order valence-corrected chi connectivity index (χ3v) is 2.62. The fraction of sp³-hybridized carbons (Fsp3) is 0.308. The number of hydrogen-bond acceptors (Lipinski definition) is 4. The molecule has 0 radical (unpaired) electrons. The van der Waals surface area contributed by atoms with Gasteiger partial charge in [0.1, 0.15) is 11.5 Å². The SMILES string of the molecule is COc1ccc(-c2nc(CCN)oc2C)cc1F. The van der Waals surface area contributed by atoms with Crippen LogP contribution in [0.2, 0.25) is 0 Å². The van der Waals surface area contributed by atoms with Crippen molar-refractivity contribution in [2.45, 2.75) is 13.3 Å². The van der Waals surface area contributed by atoms with Gasteiger partial charge in [0.25, 0.3) is 0 Å². The highest BCUT2D eigenvalue weighted by Crippen LogP contribution is 2.27. The molecule has 4 nitrogen and oxygen atoms in total. The number of ether oxygens (including phenoxy) is 1. The van der Waals surface area contributed by atoms with E-state index in [0.717, 1.165) is 0 Å². The van der Waals surface area contributed by atoms with Gasteiger partial charge < -0.3 is 14.9 Å². The van der Waals surface area contributed by atoms with E-state index in [9.17, 15) is 4.39 Å². The van der Waals surface area contributed by atoms with Crippen molar-refractivity contribution in [3.63, 3.8) is 0 Å². The van der Waals surface area contributed by atoms with Crippen LogP contribution in [-0.2, 0) is 6.42 Å². The van der Waals surface area contributed by atoms with Gasteiger partial charge in [0.2, 0.25) is 0 Å². The van der Waals surface area contributed by atoms with Crippen LogP contribution in [0.4, 0.5) is 4.39 Å². The Morgan fingerprint density at radius 1 is 1.44 bits per heavy atom. The topological polar surface area (TPSA) is 61.3 Å². The Morgan fingerprint density at radius 3 is 2.83 bits per heavy atom. The van der Waals surface area contributed by atoms with Gasteiger partial charge in [-0.1, -0.05) is 0 Å². The van der Waals surface area contributed by atoms with Gasteiger partial charge in [-0.3, -0.25) is 0 Å². The van der Waals surface area contributed by atoms with Crippen molar-refractivity contribution in [2.24, 2.45) is 5.73 Å². The lowest BCUT2D eigenvalue weighted by atomic mass is 10.1. The summed E-state index contributed by atoms with van der Waals surface area (Å²) >= 11 is 0. The highest BCUT2D eigenvalue weighted by molar-refractivity contribution is 5.62. The molecular formula is C13H15FN2O2. The largest absolute Gasteiger partial charge is 0.494 e. The smallest absolute Gasteiger partial charge is 0.196 e. The number of hydrogen-bond donors (Lipinski definition) is 1.